The number of hydrogen-bond acceptors (Lipinski definition) is 4. The van der Waals surface area contributed by atoms with Gasteiger partial charge in [-0.2, -0.15) is 0 Å². The third kappa shape index (κ3) is 4.89. The maximum atomic E-state index is 14.3. The van der Waals surface area contributed by atoms with Crippen molar-refractivity contribution in [3.8, 4) is 0 Å². The number of aromatic nitrogens is 2. The standard InChI is InChI=1S/C32H41FN4O2/c1-3-22-10-11-30-34-17-29(37(30)18-22)23-12-14-35(15-13-23)19-25-20-36(32(2,31(38)39)26-7-5-8-26)21-28(25)24-6-4-9-27(33)16-24/h4,6,9-11,16-18,23,25-26,28H,3,5,7-8,12-15,19-21H2,1-2H3,(H,38,39)/t25-,28+,32+/m0/s1. The van der Waals surface area contributed by atoms with Crippen LogP contribution in [0.15, 0.2) is 48.8 Å². The molecule has 3 fully saturated rings. The minimum absolute atomic E-state index is 0.128. The Morgan fingerprint density at radius 2 is 1.92 bits per heavy atom. The first kappa shape index (κ1) is 26.5. The lowest BCUT2D eigenvalue weighted by Gasteiger charge is -2.45. The summed E-state index contributed by atoms with van der Waals surface area (Å²) < 4.78 is 16.5. The summed E-state index contributed by atoms with van der Waals surface area (Å²) >= 11 is 0. The van der Waals surface area contributed by atoms with Crippen LogP contribution in [0.1, 0.15) is 74.6 Å². The van der Waals surface area contributed by atoms with Crippen molar-refractivity contribution < 1.29 is 14.3 Å². The fourth-order valence-corrected chi connectivity index (χ4v) is 7.39. The molecule has 2 saturated heterocycles. The number of aliphatic carboxylic acids is 1. The van der Waals surface area contributed by atoms with Crippen LogP contribution >= 0.6 is 0 Å². The van der Waals surface area contributed by atoms with Gasteiger partial charge >= 0.3 is 5.97 Å². The predicted octanol–water partition coefficient (Wildman–Crippen LogP) is 5.57. The molecule has 1 saturated carbocycles. The van der Waals surface area contributed by atoms with Gasteiger partial charge in [0.2, 0.25) is 0 Å². The van der Waals surface area contributed by atoms with Crippen molar-refractivity contribution in [1.82, 2.24) is 19.2 Å². The first-order chi connectivity index (χ1) is 18.9. The number of hydrogen-bond donors (Lipinski definition) is 1. The molecule has 1 N–H and O–H groups in total. The van der Waals surface area contributed by atoms with Gasteiger partial charge in [0.25, 0.3) is 0 Å². The van der Waals surface area contributed by atoms with Crippen LogP contribution in [0.25, 0.3) is 5.65 Å². The van der Waals surface area contributed by atoms with Crippen molar-refractivity contribution in [3.05, 3.63) is 71.4 Å². The summed E-state index contributed by atoms with van der Waals surface area (Å²) in [5, 5.41) is 10.3. The predicted molar refractivity (Wildman–Crippen MR) is 151 cm³/mol. The highest BCUT2D eigenvalue weighted by Crippen LogP contribution is 2.45. The summed E-state index contributed by atoms with van der Waals surface area (Å²) in [6.07, 6.45) is 10.5. The molecule has 1 aliphatic carbocycles. The lowest BCUT2D eigenvalue weighted by atomic mass is 9.70. The fraction of sp³-hybridized carbons (Fsp3) is 0.562. The molecule has 2 aliphatic heterocycles. The van der Waals surface area contributed by atoms with Crippen LogP contribution in [0.3, 0.4) is 0 Å². The van der Waals surface area contributed by atoms with Crippen LogP contribution in [0.4, 0.5) is 4.39 Å². The van der Waals surface area contributed by atoms with E-state index in [9.17, 15) is 14.3 Å². The van der Waals surface area contributed by atoms with Crippen LogP contribution < -0.4 is 0 Å². The number of imidazole rings is 1. The molecule has 0 radical (unpaired) electrons. The lowest BCUT2D eigenvalue weighted by molar-refractivity contribution is -0.156. The molecule has 4 heterocycles. The fourth-order valence-electron chi connectivity index (χ4n) is 7.39. The lowest BCUT2D eigenvalue weighted by Crippen LogP contribution is -2.58. The van der Waals surface area contributed by atoms with E-state index in [1.807, 2.05) is 13.0 Å². The number of fused-ring (bicyclic) bond motifs is 1. The Bertz CT molecular complexity index is 1330. The highest BCUT2D eigenvalue weighted by atomic mass is 19.1. The summed E-state index contributed by atoms with van der Waals surface area (Å²) in [6.45, 7) is 8.46. The minimum Gasteiger partial charge on any atom is -0.480 e. The Morgan fingerprint density at radius 3 is 2.59 bits per heavy atom. The molecule has 208 valence electrons. The minimum atomic E-state index is -0.855. The first-order valence-electron chi connectivity index (χ1n) is 14.8. The van der Waals surface area contributed by atoms with Crippen molar-refractivity contribution in [2.24, 2.45) is 11.8 Å². The van der Waals surface area contributed by atoms with Gasteiger partial charge in [0.05, 0.1) is 0 Å². The number of likely N-dealkylation sites (tertiary alicyclic amines) is 2. The first-order valence-corrected chi connectivity index (χ1v) is 14.8. The summed E-state index contributed by atoms with van der Waals surface area (Å²) in [5.41, 5.74) is 3.79. The van der Waals surface area contributed by atoms with E-state index < -0.39 is 11.5 Å². The number of aryl methyl sites for hydroxylation is 1. The number of carboxylic acids is 1. The van der Waals surface area contributed by atoms with E-state index in [1.54, 1.807) is 12.1 Å². The molecule has 0 unspecified atom stereocenters. The van der Waals surface area contributed by atoms with Gasteiger partial charge in [-0.05, 0) is 93.3 Å². The van der Waals surface area contributed by atoms with E-state index in [0.29, 0.717) is 12.5 Å². The number of pyridine rings is 1. The van der Waals surface area contributed by atoms with E-state index >= 15 is 0 Å². The van der Waals surface area contributed by atoms with Crippen LogP contribution in [-0.2, 0) is 11.2 Å². The van der Waals surface area contributed by atoms with E-state index in [2.05, 4.69) is 50.6 Å². The van der Waals surface area contributed by atoms with Crippen molar-refractivity contribution in [1.29, 1.82) is 0 Å². The van der Waals surface area contributed by atoms with E-state index in [0.717, 1.165) is 75.9 Å². The number of rotatable bonds is 8. The molecule has 1 aromatic carbocycles. The second-order valence-corrected chi connectivity index (χ2v) is 12.3. The molecule has 39 heavy (non-hydrogen) atoms. The number of benzene rings is 1. The number of carbonyl (C=O) groups is 1. The van der Waals surface area contributed by atoms with Crippen LogP contribution in [0.2, 0.25) is 0 Å². The molecule has 3 aromatic rings. The Kier molecular flexibility index (Phi) is 7.23. The number of nitrogens with zero attached hydrogens (tertiary/aromatic N) is 4. The molecule has 3 aliphatic rings. The highest BCUT2D eigenvalue weighted by molar-refractivity contribution is 5.79. The smallest absolute Gasteiger partial charge is 0.324 e. The average Bonchev–Trinajstić information content (AvgIpc) is 3.52. The van der Waals surface area contributed by atoms with Gasteiger partial charge in [0.1, 0.15) is 17.0 Å². The molecule has 2 aromatic heterocycles. The summed E-state index contributed by atoms with van der Waals surface area (Å²) in [4.78, 5) is 22.0. The Morgan fingerprint density at radius 1 is 1.13 bits per heavy atom. The molecule has 0 amide bonds. The van der Waals surface area contributed by atoms with E-state index in [-0.39, 0.29) is 23.6 Å². The maximum absolute atomic E-state index is 14.3. The zero-order chi connectivity index (χ0) is 27.1. The zero-order valence-electron chi connectivity index (χ0n) is 23.2. The second kappa shape index (κ2) is 10.7. The summed E-state index contributed by atoms with van der Waals surface area (Å²) in [5.74, 6) is 0.136. The second-order valence-electron chi connectivity index (χ2n) is 12.3. The largest absolute Gasteiger partial charge is 0.480 e. The van der Waals surface area contributed by atoms with Gasteiger partial charge in [-0.1, -0.05) is 31.5 Å². The number of piperidine rings is 1. The van der Waals surface area contributed by atoms with Crippen LogP contribution in [-0.4, -0.2) is 68.5 Å². The zero-order valence-corrected chi connectivity index (χ0v) is 23.2. The van der Waals surface area contributed by atoms with E-state index in [1.165, 1.54) is 17.3 Å². The van der Waals surface area contributed by atoms with Crippen molar-refractivity contribution in [2.45, 2.75) is 69.7 Å². The SMILES string of the molecule is CCc1ccc2ncc(C3CCN(C[C@H]4CN([C@@](C)(C(=O)O)C5CCC5)C[C@@H]4c4cccc(F)c4)CC3)n2c1. The molecule has 6 nitrogen and oxygen atoms in total. The molecular formula is C32H41FN4O2. The molecule has 0 bridgehead atoms. The Balaban J connectivity index is 1.18. The van der Waals surface area contributed by atoms with Crippen molar-refractivity contribution in [2.75, 3.05) is 32.7 Å². The van der Waals surface area contributed by atoms with Crippen molar-refractivity contribution >= 4 is 11.6 Å². The van der Waals surface area contributed by atoms with Gasteiger partial charge in [-0.3, -0.25) is 9.69 Å². The maximum Gasteiger partial charge on any atom is 0.324 e. The van der Waals surface area contributed by atoms with Crippen LogP contribution in [0.5, 0.6) is 0 Å². The van der Waals surface area contributed by atoms with Gasteiger partial charge in [0.15, 0.2) is 0 Å². The molecule has 3 atom stereocenters. The van der Waals surface area contributed by atoms with Crippen LogP contribution in [0, 0.1) is 17.7 Å². The Hall–Kier alpha value is -2.77. The molecule has 0 spiro atoms. The van der Waals surface area contributed by atoms with Gasteiger partial charge in [-0.25, -0.2) is 9.37 Å². The third-order valence-corrected chi connectivity index (χ3v) is 10.2. The normalized spacial score (nSPS) is 25.1. The Labute approximate surface area is 230 Å². The molecule has 7 heteroatoms. The number of halogens is 1. The molecular weight excluding hydrogens is 491 g/mol. The average molecular weight is 533 g/mol. The van der Waals surface area contributed by atoms with Gasteiger partial charge in [-0.15, -0.1) is 0 Å². The van der Waals surface area contributed by atoms with E-state index in [4.69, 9.17) is 0 Å². The monoisotopic (exact) mass is 532 g/mol. The summed E-state index contributed by atoms with van der Waals surface area (Å²) in [6, 6.07) is 11.2. The summed E-state index contributed by atoms with van der Waals surface area (Å²) in [7, 11) is 0. The molecule has 6 rings (SSSR count). The third-order valence-electron chi connectivity index (χ3n) is 10.2. The quantitative estimate of drug-likeness (QED) is 0.411. The highest BCUT2D eigenvalue weighted by Gasteiger charge is 2.52. The van der Waals surface area contributed by atoms with Gasteiger partial charge < -0.3 is 14.4 Å². The van der Waals surface area contributed by atoms with Crippen molar-refractivity contribution in [3.63, 3.8) is 0 Å². The topological polar surface area (TPSA) is 61.1 Å². The number of carboxylic acid groups (broad SMARTS) is 1. The van der Waals surface area contributed by atoms with Gasteiger partial charge in [0, 0.05) is 49.6 Å².